The van der Waals surface area contributed by atoms with Crippen molar-refractivity contribution in [2.75, 3.05) is 11.4 Å². The standard InChI is InChI=1S/C14H14IN3O/c1-9-6-10-4-2-3-5-11(10)18(7-9)13-12(15)14(19)17-8-16-13/h2-5,8-9H,6-7H2,1H3,(H,16,17,19). The molecule has 0 fully saturated rings. The van der Waals surface area contributed by atoms with Gasteiger partial charge in [-0.1, -0.05) is 25.1 Å². The fourth-order valence-corrected chi connectivity index (χ4v) is 3.15. The van der Waals surface area contributed by atoms with Crippen molar-refractivity contribution in [3.8, 4) is 0 Å². The molecule has 2 aromatic rings. The minimum atomic E-state index is -0.0821. The molecule has 1 N–H and O–H groups in total. The number of hydrogen-bond donors (Lipinski definition) is 1. The summed E-state index contributed by atoms with van der Waals surface area (Å²) in [7, 11) is 0. The lowest BCUT2D eigenvalue weighted by molar-refractivity contribution is 0.559. The number of hydrogen-bond acceptors (Lipinski definition) is 3. The molecule has 0 saturated carbocycles. The van der Waals surface area contributed by atoms with Crippen molar-refractivity contribution in [2.45, 2.75) is 13.3 Å². The Hall–Kier alpha value is -1.37. The second kappa shape index (κ2) is 4.96. The van der Waals surface area contributed by atoms with E-state index >= 15 is 0 Å². The SMILES string of the molecule is CC1Cc2ccccc2N(c2nc[nH]c(=O)c2I)C1. The molecule has 0 spiro atoms. The lowest BCUT2D eigenvalue weighted by Crippen LogP contribution is -2.33. The van der Waals surface area contributed by atoms with Gasteiger partial charge < -0.3 is 9.88 Å². The Balaban J connectivity index is 2.15. The van der Waals surface area contributed by atoms with Gasteiger partial charge in [0.1, 0.15) is 3.57 Å². The van der Waals surface area contributed by atoms with Crippen LogP contribution < -0.4 is 10.5 Å². The van der Waals surface area contributed by atoms with Gasteiger partial charge in [-0.2, -0.15) is 0 Å². The Morgan fingerprint density at radius 2 is 2.21 bits per heavy atom. The second-order valence-corrected chi connectivity index (χ2v) is 6.00. The number of anilines is 2. The zero-order chi connectivity index (χ0) is 13.4. The van der Waals surface area contributed by atoms with E-state index in [0.717, 1.165) is 24.5 Å². The average Bonchev–Trinajstić information content (AvgIpc) is 2.41. The van der Waals surface area contributed by atoms with Crippen LogP contribution in [0.15, 0.2) is 35.4 Å². The first kappa shape index (κ1) is 12.7. The van der Waals surface area contributed by atoms with Crippen LogP contribution in [0, 0.1) is 9.49 Å². The van der Waals surface area contributed by atoms with Crippen LogP contribution in [0.2, 0.25) is 0 Å². The van der Waals surface area contributed by atoms with Crippen LogP contribution in [0.25, 0.3) is 0 Å². The van der Waals surface area contributed by atoms with Crippen LogP contribution in [0.5, 0.6) is 0 Å². The Labute approximate surface area is 125 Å². The van der Waals surface area contributed by atoms with Gasteiger partial charge in [0.2, 0.25) is 0 Å². The zero-order valence-corrected chi connectivity index (χ0v) is 12.7. The number of fused-ring (bicyclic) bond motifs is 1. The molecule has 19 heavy (non-hydrogen) atoms. The molecule has 4 nitrogen and oxygen atoms in total. The summed E-state index contributed by atoms with van der Waals surface area (Å²) < 4.78 is 0.643. The first-order valence-corrected chi connectivity index (χ1v) is 7.33. The third-order valence-corrected chi connectivity index (χ3v) is 4.35. The zero-order valence-electron chi connectivity index (χ0n) is 10.6. The highest BCUT2D eigenvalue weighted by molar-refractivity contribution is 14.1. The number of aromatic amines is 1. The van der Waals surface area contributed by atoms with Gasteiger partial charge in [-0.05, 0) is 46.6 Å². The molecule has 1 aliphatic rings. The van der Waals surface area contributed by atoms with Crippen LogP contribution in [0.4, 0.5) is 11.5 Å². The molecule has 98 valence electrons. The molecule has 5 heteroatoms. The largest absolute Gasteiger partial charge is 0.325 e. The monoisotopic (exact) mass is 367 g/mol. The van der Waals surface area contributed by atoms with Crippen molar-refractivity contribution < 1.29 is 0 Å². The lowest BCUT2D eigenvalue weighted by Gasteiger charge is -2.34. The van der Waals surface area contributed by atoms with Gasteiger partial charge in [0.05, 0.1) is 6.33 Å². The Kier molecular flexibility index (Phi) is 3.30. The summed E-state index contributed by atoms with van der Waals surface area (Å²) in [5.74, 6) is 1.30. The maximum atomic E-state index is 11.7. The summed E-state index contributed by atoms with van der Waals surface area (Å²) >= 11 is 2.07. The number of aromatic nitrogens is 2. The Morgan fingerprint density at radius 1 is 1.42 bits per heavy atom. The predicted octanol–water partition coefficient (Wildman–Crippen LogP) is 2.70. The fraction of sp³-hybridized carbons (Fsp3) is 0.286. The quantitative estimate of drug-likeness (QED) is 0.789. The molecule has 0 bridgehead atoms. The van der Waals surface area contributed by atoms with Gasteiger partial charge >= 0.3 is 0 Å². The fourth-order valence-electron chi connectivity index (χ4n) is 2.56. The van der Waals surface area contributed by atoms with E-state index in [-0.39, 0.29) is 5.56 Å². The first-order chi connectivity index (χ1) is 9.16. The van der Waals surface area contributed by atoms with Crippen LogP contribution in [-0.4, -0.2) is 16.5 Å². The topological polar surface area (TPSA) is 49.0 Å². The molecule has 1 unspecified atom stereocenters. The number of rotatable bonds is 1. The van der Waals surface area contributed by atoms with E-state index in [2.05, 4.69) is 62.6 Å². The third kappa shape index (κ3) is 2.27. The molecule has 0 amide bonds. The maximum Gasteiger partial charge on any atom is 0.266 e. The Bertz CT molecular complexity index is 668. The molecule has 0 radical (unpaired) electrons. The predicted molar refractivity (Wildman–Crippen MR) is 83.9 cm³/mol. The van der Waals surface area contributed by atoms with E-state index in [1.165, 1.54) is 11.9 Å². The normalized spacial score (nSPS) is 18.2. The molecule has 2 heterocycles. The number of benzene rings is 1. The van der Waals surface area contributed by atoms with Crippen LogP contribution in [0.3, 0.4) is 0 Å². The number of halogens is 1. The van der Waals surface area contributed by atoms with Crippen molar-refractivity contribution in [1.29, 1.82) is 0 Å². The summed E-state index contributed by atoms with van der Waals surface area (Å²) in [6.07, 6.45) is 2.55. The minimum Gasteiger partial charge on any atom is -0.325 e. The highest BCUT2D eigenvalue weighted by Gasteiger charge is 2.25. The molecular weight excluding hydrogens is 353 g/mol. The molecule has 1 aliphatic heterocycles. The van der Waals surface area contributed by atoms with Gasteiger partial charge in [-0.3, -0.25) is 4.79 Å². The average molecular weight is 367 g/mol. The second-order valence-electron chi connectivity index (χ2n) is 4.92. The van der Waals surface area contributed by atoms with Gasteiger partial charge in [-0.15, -0.1) is 0 Å². The third-order valence-electron chi connectivity index (χ3n) is 3.38. The molecule has 0 aliphatic carbocycles. The van der Waals surface area contributed by atoms with Crippen molar-refractivity contribution >= 4 is 34.1 Å². The van der Waals surface area contributed by atoms with E-state index in [0.29, 0.717) is 9.49 Å². The number of para-hydroxylation sites is 1. The smallest absolute Gasteiger partial charge is 0.266 e. The van der Waals surface area contributed by atoms with Gasteiger partial charge in [0, 0.05) is 12.2 Å². The number of nitrogens with zero attached hydrogens (tertiary/aromatic N) is 2. The van der Waals surface area contributed by atoms with Crippen LogP contribution in [0.1, 0.15) is 12.5 Å². The van der Waals surface area contributed by atoms with Crippen molar-refractivity contribution in [1.82, 2.24) is 9.97 Å². The summed E-state index contributed by atoms with van der Waals surface area (Å²) in [6, 6.07) is 8.34. The molecule has 3 rings (SSSR count). The summed E-state index contributed by atoms with van der Waals surface area (Å²) in [6.45, 7) is 3.12. The molecular formula is C14H14IN3O. The van der Waals surface area contributed by atoms with Crippen LogP contribution >= 0.6 is 22.6 Å². The summed E-state index contributed by atoms with van der Waals surface area (Å²) in [4.78, 5) is 20.9. The molecule has 1 atom stereocenters. The maximum absolute atomic E-state index is 11.7. The van der Waals surface area contributed by atoms with E-state index in [9.17, 15) is 4.79 Å². The minimum absolute atomic E-state index is 0.0821. The number of nitrogens with one attached hydrogen (secondary N) is 1. The number of H-pyrrole nitrogens is 1. The van der Waals surface area contributed by atoms with Crippen molar-refractivity contribution in [3.63, 3.8) is 0 Å². The summed E-state index contributed by atoms with van der Waals surface area (Å²) in [5, 5.41) is 0. The van der Waals surface area contributed by atoms with Crippen molar-refractivity contribution in [3.05, 3.63) is 50.1 Å². The van der Waals surface area contributed by atoms with E-state index in [4.69, 9.17) is 0 Å². The molecule has 1 aromatic heterocycles. The van der Waals surface area contributed by atoms with Crippen molar-refractivity contribution in [2.24, 2.45) is 5.92 Å². The van der Waals surface area contributed by atoms with E-state index in [1.54, 1.807) is 0 Å². The Morgan fingerprint density at radius 3 is 3.05 bits per heavy atom. The lowest BCUT2D eigenvalue weighted by atomic mass is 9.94. The molecule has 0 saturated heterocycles. The highest BCUT2D eigenvalue weighted by Crippen LogP contribution is 2.35. The first-order valence-electron chi connectivity index (χ1n) is 6.25. The van der Waals surface area contributed by atoms with Gasteiger partial charge in [0.25, 0.3) is 5.56 Å². The van der Waals surface area contributed by atoms with Gasteiger partial charge in [0.15, 0.2) is 5.82 Å². The van der Waals surface area contributed by atoms with Crippen LogP contribution in [-0.2, 0) is 6.42 Å². The van der Waals surface area contributed by atoms with E-state index in [1.807, 2.05) is 6.07 Å². The summed E-state index contributed by atoms with van der Waals surface area (Å²) in [5.41, 5.74) is 2.40. The highest BCUT2D eigenvalue weighted by atomic mass is 127. The van der Waals surface area contributed by atoms with Gasteiger partial charge in [-0.25, -0.2) is 4.98 Å². The molecule has 1 aromatic carbocycles. The van der Waals surface area contributed by atoms with E-state index < -0.39 is 0 Å².